The summed E-state index contributed by atoms with van der Waals surface area (Å²) in [5.41, 5.74) is 3.58. The summed E-state index contributed by atoms with van der Waals surface area (Å²) >= 11 is 0. The highest BCUT2D eigenvalue weighted by Crippen LogP contribution is 2.61. The van der Waals surface area contributed by atoms with Crippen molar-refractivity contribution < 1.29 is 9.90 Å². The van der Waals surface area contributed by atoms with Crippen LogP contribution in [-0.4, -0.2) is 17.5 Å². The van der Waals surface area contributed by atoms with Gasteiger partial charge < -0.3 is 5.11 Å². The van der Waals surface area contributed by atoms with Crippen LogP contribution in [0.5, 0.6) is 0 Å². The second-order valence-electron chi connectivity index (χ2n) is 7.67. The maximum absolute atomic E-state index is 11.4. The van der Waals surface area contributed by atoms with E-state index < -0.39 is 6.10 Å². The minimum Gasteiger partial charge on any atom is -0.388 e. The normalized spacial score (nSPS) is 39.9. The van der Waals surface area contributed by atoms with Crippen LogP contribution in [0.3, 0.4) is 0 Å². The lowest BCUT2D eigenvalue weighted by Gasteiger charge is -2.10. The van der Waals surface area contributed by atoms with Gasteiger partial charge in [-0.3, -0.25) is 4.79 Å². The Labute approximate surface area is 135 Å². The maximum Gasteiger partial charge on any atom is 0.148 e. The molecule has 0 unspecified atom stereocenters. The summed E-state index contributed by atoms with van der Waals surface area (Å²) in [7, 11) is 0. The molecule has 0 saturated heterocycles. The van der Waals surface area contributed by atoms with Crippen LogP contribution in [0.2, 0.25) is 0 Å². The summed E-state index contributed by atoms with van der Waals surface area (Å²) in [6.07, 6.45) is 11.6. The van der Waals surface area contributed by atoms with Crippen LogP contribution in [0.4, 0.5) is 0 Å². The Morgan fingerprint density at radius 3 is 2.55 bits per heavy atom. The van der Waals surface area contributed by atoms with Gasteiger partial charge in [-0.05, 0) is 63.2 Å². The number of aliphatic hydroxyl groups excluding tert-OH is 1. The summed E-state index contributed by atoms with van der Waals surface area (Å²) < 4.78 is 0. The summed E-state index contributed by atoms with van der Waals surface area (Å²) in [5.74, 6) is 1.04. The van der Waals surface area contributed by atoms with Crippen LogP contribution < -0.4 is 0 Å². The predicted octanol–water partition coefficient (Wildman–Crippen LogP) is 4.60. The number of carbonyl (C=O) groups excluding carboxylic acids is 1. The molecule has 1 saturated carbocycles. The summed E-state index contributed by atoms with van der Waals surface area (Å²) in [6, 6.07) is 0. The van der Waals surface area contributed by atoms with Gasteiger partial charge in [0.2, 0.25) is 0 Å². The molecular formula is C20H30O2. The van der Waals surface area contributed by atoms with Crippen LogP contribution in [0.25, 0.3) is 0 Å². The van der Waals surface area contributed by atoms with Crippen molar-refractivity contribution in [3.05, 3.63) is 34.9 Å². The first-order valence-electron chi connectivity index (χ1n) is 8.52. The van der Waals surface area contributed by atoms with E-state index in [2.05, 4.69) is 39.8 Å². The third kappa shape index (κ3) is 3.98. The molecule has 0 spiro atoms. The number of allylic oxidation sites excluding steroid dienone is 4. The minimum absolute atomic E-state index is 0.250. The van der Waals surface area contributed by atoms with Crippen molar-refractivity contribution in [3.63, 3.8) is 0 Å². The Kier molecular flexibility index (Phi) is 5.44. The fraction of sp³-hybridized carbons (Fsp3) is 0.650. The third-order valence-electron chi connectivity index (χ3n) is 5.60. The van der Waals surface area contributed by atoms with Crippen molar-refractivity contribution in [2.45, 2.75) is 65.9 Å². The second kappa shape index (κ2) is 6.95. The SMILES string of the molecule is C/C1=C\C[C@@H](O)/C(C=O)=C/[C@H]2[C@H](CC/C(C)=C/CC1)C2(C)C. The molecule has 0 radical (unpaired) electrons. The zero-order valence-electron chi connectivity index (χ0n) is 14.4. The van der Waals surface area contributed by atoms with Gasteiger partial charge in [-0.2, -0.15) is 0 Å². The monoisotopic (exact) mass is 302 g/mol. The van der Waals surface area contributed by atoms with Crippen LogP contribution >= 0.6 is 0 Å². The zero-order valence-corrected chi connectivity index (χ0v) is 14.4. The first-order chi connectivity index (χ1) is 10.4. The maximum atomic E-state index is 11.4. The minimum atomic E-state index is -0.662. The molecule has 2 rings (SSSR count). The van der Waals surface area contributed by atoms with Gasteiger partial charge in [-0.15, -0.1) is 0 Å². The van der Waals surface area contributed by atoms with Gasteiger partial charge in [0, 0.05) is 5.57 Å². The zero-order chi connectivity index (χ0) is 16.3. The molecule has 2 aliphatic rings. The quantitative estimate of drug-likeness (QED) is 0.567. The smallest absolute Gasteiger partial charge is 0.148 e. The van der Waals surface area contributed by atoms with E-state index in [1.165, 1.54) is 17.6 Å². The van der Waals surface area contributed by atoms with Gasteiger partial charge in [-0.1, -0.05) is 43.2 Å². The average Bonchev–Trinajstić information content (AvgIpc) is 2.99. The molecule has 122 valence electrons. The molecule has 0 heterocycles. The lowest BCUT2D eigenvalue weighted by Crippen LogP contribution is -2.11. The van der Waals surface area contributed by atoms with Gasteiger partial charge in [0.15, 0.2) is 0 Å². The van der Waals surface area contributed by atoms with Gasteiger partial charge in [0.1, 0.15) is 6.29 Å². The molecule has 2 heteroatoms. The molecule has 0 amide bonds. The van der Waals surface area contributed by atoms with Gasteiger partial charge in [0.25, 0.3) is 0 Å². The molecule has 22 heavy (non-hydrogen) atoms. The largest absolute Gasteiger partial charge is 0.388 e. The van der Waals surface area contributed by atoms with E-state index in [9.17, 15) is 9.90 Å². The molecule has 0 aromatic carbocycles. The Balaban J connectivity index is 2.22. The van der Waals surface area contributed by atoms with Crippen LogP contribution in [0.1, 0.15) is 59.8 Å². The number of rotatable bonds is 1. The standard InChI is InChI=1S/C20H30O2/c1-14-6-5-7-15(2)9-11-19(22)16(13-21)12-18-17(10-8-14)20(18,3)4/h6,9,12-13,17-19,22H,5,7-8,10-11H2,1-4H3/b14-6+,15-9+,16-12+/t17-,18-,19+/m0/s1. The van der Waals surface area contributed by atoms with Gasteiger partial charge in [0.05, 0.1) is 6.10 Å². The lowest BCUT2D eigenvalue weighted by molar-refractivity contribution is -0.105. The Morgan fingerprint density at radius 2 is 1.86 bits per heavy atom. The van der Waals surface area contributed by atoms with Crippen molar-refractivity contribution in [3.8, 4) is 0 Å². The highest BCUT2D eigenvalue weighted by atomic mass is 16.3. The Morgan fingerprint density at radius 1 is 1.18 bits per heavy atom. The summed E-state index contributed by atoms with van der Waals surface area (Å²) in [5, 5.41) is 10.3. The molecule has 2 aliphatic carbocycles. The summed E-state index contributed by atoms with van der Waals surface area (Å²) in [4.78, 5) is 11.4. The number of aldehydes is 1. The number of hydrogen-bond acceptors (Lipinski definition) is 2. The Bertz CT molecular complexity index is 508. The van der Waals surface area contributed by atoms with E-state index in [0.717, 1.165) is 25.5 Å². The average molecular weight is 302 g/mol. The van der Waals surface area contributed by atoms with Crippen molar-refractivity contribution >= 4 is 6.29 Å². The van der Waals surface area contributed by atoms with Gasteiger partial charge >= 0.3 is 0 Å². The number of aliphatic hydroxyl groups is 1. The van der Waals surface area contributed by atoms with E-state index in [0.29, 0.717) is 23.8 Å². The molecule has 3 atom stereocenters. The number of carbonyl (C=O) groups is 1. The predicted molar refractivity (Wildman–Crippen MR) is 91.5 cm³/mol. The van der Waals surface area contributed by atoms with Crippen LogP contribution in [0.15, 0.2) is 34.9 Å². The third-order valence-corrected chi connectivity index (χ3v) is 5.60. The fourth-order valence-electron chi connectivity index (χ4n) is 3.69. The van der Waals surface area contributed by atoms with Crippen LogP contribution in [-0.2, 0) is 4.79 Å². The van der Waals surface area contributed by atoms with Crippen molar-refractivity contribution in [1.82, 2.24) is 0 Å². The number of fused-ring (bicyclic) bond motifs is 1. The van der Waals surface area contributed by atoms with E-state index in [1.54, 1.807) is 0 Å². The topological polar surface area (TPSA) is 37.3 Å². The van der Waals surface area contributed by atoms with E-state index in [1.807, 2.05) is 6.08 Å². The molecule has 0 aromatic heterocycles. The highest BCUT2D eigenvalue weighted by molar-refractivity contribution is 5.75. The first kappa shape index (κ1) is 17.2. The highest BCUT2D eigenvalue weighted by Gasteiger charge is 2.55. The van der Waals surface area contributed by atoms with Gasteiger partial charge in [-0.25, -0.2) is 0 Å². The first-order valence-corrected chi connectivity index (χ1v) is 8.52. The van der Waals surface area contributed by atoms with Crippen LogP contribution in [0, 0.1) is 17.3 Å². The number of hydrogen-bond donors (Lipinski definition) is 1. The molecule has 1 N–H and O–H groups in total. The molecule has 0 bridgehead atoms. The van der Waals surface area contributed by atoms with E-state index in [4.69, 9.17) is 0 Å². The molecular weight excluding hydrogens is 272 g/mol. The van der Waals surface area contributed by atoms with Crippen molar-refractivity contribution in [2.24, 2.45) is 17.3 Å². The lowest BCUT2D eigenvalue weighted by atomic mass is 10.0. The molecule has 0 aliphatic heterocycles. The fourth-order valence-corrected chi connectivity index (χ4v) is 3.69. The van der Waals surface area contributed by atoms with E-state index in [-0.39, 0.29) is 5.41 Å². The van der Waals surface area contributed by atoms with Crippen molar-refractivity contribution in [2.75, 3.05) is 0 Å². The van der Waals surface area contributed by atoms with Crippen molar-refractivity contribution in [1.29, 1.82) is 0 Å². The summed E-state index contributed by atoms with van der Waals surface area (Å²) in [6.45, 7) is 8.88. The Hall–Kier alpha value is -1.15. The van der Waals surface area contributed by atoms with E-state index >= 15 is 0 Å². The second-order valence-corrected chi connectivity index (χ2v) is 7.67. The molecule has 1 fully saturated rings. The molecule has 2 nitrogen and oxygen atoms in total. The molecule has 0 aromatic rings.